The number of hydrogen-bond donors (Lipinski definition) is 2. The van der Waals surface area contributed by atoms with Crippen LogP contribution in [0.2, 0.25) is 5.02 Å². The SMILES string of the molecule is CC(Nc1ccc(N2CCCCC2)cc1)C(=O)Nc1ccc(Cl)cn1. The molecular formula is C19H23ClN4O. The van der Waals surface area contributed by atoms with Gasteiger partial charge in [0.15, 0.2) is 0 Å². The van der Waals surface area contributed by atoms with E-state index < -0.39 is 0 Å². The van der Waals surface area contributed by atoms with Crippen LogP contribution in [-0.4, -0.2) is 30.0 Å². The number of nitrogens with zero attached hydrogens (tertiary/aromatic N) is 2. The molecule has 1 unspecified atom stereocenters. The van der Waals surface area contributed by atoms with Crippen LogP contribution in [0.1, 0.15) is 26.2 Å². The highest BCUT2D eigenvalue weighted by atomic mass is 35.5. The van der Waals surface area contributed by atoms with Crippen LogP contribution in [0.4, 0.5) is 17.2 Å². The molecule has 2 N–H and O–H groups in total. The van der Waals surface area contributed by atoms with Crippen molar-refractivity contribution in [3.63, 3.8) is 0 Å². The lowest BCUT2D eigenvalue weighted by Gasteiger charge is -2.29. The summed E-state index contributed by atoms with van der Waals surface area (Å²) in [6.45, 7) is 4.07. The molecule has 0 bridgehead atoms. The largest absolute Gasteiger partial charge is 0.374 e. The Morgan fingerprint density at radius 1 is 1.12 bits per heavy atom. The summed E-state index contributed by atoms with van der Waals surface area (Å²) in [6, 6.07) is 11.3. The van der Waals surface area contributed by atoms with Crippen LogP contribution in [0.5, 0.6) is 0 Å². The van der Waals surface area contributed by atoms with E-state index in [1.165, 1.54) is 31.1 Å². The second-order valence-electron chi connectivity index (χ2n) is 6.31. The summed E-state index contributed by atoms with van der Waals surface area (Å²) in [5.74, 6) is 0.346. The molecule has 1 amide bonds. The molecule has 0 saturated carbocycles. The van der Waals surface area contributed by atoms with Crippen molar-refractivity contribution in [1.29, 1.82) is 0 Å². The van der Waals surface area contributed by atoms with E-state index in [0.717, 1.165) is 18.8 Å². The number of rotatable bonds is 5. The van der Waals surface area contributed by atoms with Crippen molar-refractivity contribution in [2.75, 3.05) is 28.6 Å². The minimum absolute atomic E-state index is 0.144. The van der Waals surface area contributed by atoms with Gasteiger partial charge in [-0.05, 0) is 62.6 Å². The van der Waals surface area contributed by atoms with E-state index in [1.807, 2.05) is 19.1 Å². The number of carbonyl (C=O) groups is 1. The predicted molar refractivity (Wildman–Crippen MR) is 103 cm³/mol. The van der Waals surface area contributed by atoms with Gasteiger partial charge in [0, 0.05) is 30.7 Å². The van der Waals surface area contributed by atoms with Crippen molar-refractivity contribution in [3.8, 4) is 0 Å². The van der Waals surface area contributed by atoms with Gasteiger partial charge in [-0.3, -0.25) is 4.79 Å². The number of benzene rings is 1. The summed E-state index contributed by atoms with van der Waals surface area (Å²) in [5.41, 5.74) is 2.17. The number of aromatic nitrogens is 1. The molecule has 1 atom stereocenters. The molecule has 2 heterocycles. The maximum Gasteiger partial charge on any atom is 0.247 e. The molecule has 132 valence electrons. The number of amides is 1. The number of hydrogen-bond acceptors (Lipinski definition) is 4. The van der Waals surface area contributed by atoms with Gasteiger partial charge in [0.25, 0.3) is 0 Å². The molecule has 1 saturated heterocycles. The summed E-state index contributed by atoms with van der Waals surface area (Å²) in [4.78, 5) is 18.7. The number of anilines is 3. The molecular weight excluding hydrogens is 336 g/mol. The molecule has 0 aliphatic carbocycles. The van der Waals surface area contributed by atoms with Gasteiger partial charge in [-0.1, -0.05) is 11.6 Å². The Hall–Kier alpha value is -2.27. The predicted octanol–water partition coefficient (Wildman–Crippen LogP) is 4.16. The average Bonchev–Trinajstić information content (AvgIpc) is 2.65. The smallest absolute Gasteiger partial charge is 0.247 e. The number of piperidine rings is 1. The fraction of sp³-hybridized carbons (Fsp3) is 0.368. The lowest BCUT2D eigenvalue weighted by atomic mass is 10.1. The third-order valence-corrected chi connectivity index (χ3v) is 4.57. The minimum atomic E-state index is -0.377. The Morgan fingerprint density at radius 3 is 2.48 bits per heavy atom. The van der Waals surface area contributed by atoms with Crippen LogP contribution >= 0.6 is 11.6 Å². The van der Waals surface area contributed by atoms with Crippen molar-refractivity contribution in [2.24, 2.45) is 0 Å². The van der Waals surface area contributed by atoms with E-state index in [4.69, 9.17) is 11.6 Å². The van der Waals surface area contributed by atoms with Gasteiger partial charge in [-0.15, -0.1) is 0 Å². The molecule has 0 radical (unpaired) electrons. The Morgan fingerprint density at radius 2 is 1.84 bits per heavy atom. The van der Waals surface area contributed by atoms with Crippen molar-refractivity contribution in [2.45, 2.75) is 32.2 Å². The molecule has 1 aromatic heterocycles. The first kappa shape index (κ1) is 17.5. The molecule has 1 aliphatic rings. The number of nitrogens with one attached hydrogen (secondary N) is 2. The summed E-state index contributed by atoms with van der Waals surface area (Å²) >= 11 is 5.80. The van der Waals surface area contributed by atoms with Crippen LogP contribution < -0.4 is 15.5 Å². The summed E-state index contributed by atoms with van der Waals surface area (Å²) < 4.78 is 0. The van der Waals surface area contributed by atoms with E-state index in [9.17, 15) is 4.79 Å². The van der Waals surface area contributed by atoms with E-state index in [1.54, 1.807) is 12.1 Å². The van der Waals surface area contributed by atoms with Gasteiger partial charge in [0.05, 0.1) is 5.02 Å². The first-order valence-electron chi connectivity index (χ1n) is 8.66. The van der Waals surface area contributed by atoms with Gasteiger partial charge in [-0.2, -0.15) is 0 Å². The molecule has 1 aromatic carbocycles. The maximum atomic E-state index is 12.3. The van der Waals surface area contributed by atoms with Crippen molar-refractivity contribution >= 4 is 34.7 Å². The lowest BCUT2D eigenvalue weighted by Crippen LogP contribution is -2.32. The van der Waals surface area contributed by atoms with Gasteiger partial charge < -0.3 is 15.5 Å². The van der Waals surface area contributed by atoms with E-state index >= 15 is 0 Å². The summed E-state index contributed by atoms with van der Waals surface area (Å²) in [6.07, 6.45) is 5.35. The number of halogens is 1. The number of pyridine rings is 1. The van der Waals surface area contributed by atoms with Crippen LogP contribution in [0.3, 0.4) is 0 Å². The second kappa shape index (κ2) is 8.21. The maximum absolute atomic E-state index is 12.3. The summed E-state index contributed by atoms with van der Waals surface area (Å²) in [7, 11) is 0. The van der Waals surface area contributed by atoms with Crippen LogP contribution in [0, 0.1) is 0 Å². The molecule has 3 rings (SSSR count). The van der Waals surface area contributed by atoms with Crippen molar-refractivity contribution in [1.82, 2.24) is 4.98 Å². The zero-order valence-corrected chi connectivity index (χ0v) is 15.1. The van der Waals surface area contributed by atoms with E-state index in [2.05, 4.69) is 32.7 Å². The van der Waals surface area contributed by atoms with Crippen molar-refractivity contribution < 1.29 is 4.79 Å². The topological polar surface area (TPSA) is 57.3 Å². The molecule has 1 fully saturated rings. The zero-order valence-electron chi connectivity index (χ0n) is 14.3. The second-order valence-corrected chi connectivity index (χ2v) is 6.75. The van der Waals surface area contributed by atoms with Gasteiger partial charge in [0.1, 0.15) is 11.9 Å². The minimum Gasteiger partial charge on any atom is -0.374 e. The molecule has 6 heteroatoms. The fourth-order valence-corrected chi connectivity index (χ4v) is 3.03. The van der Waals surface area contributed by atoms with Crippen LogP contribution in [0.25, 0.3) is 0 Å². The van der Waals surface area contributed by atoms with Crippen LogP contribution in [-0.2, 0) is 4.79 Å². The molecule has 5 nitrogen and oxygen atoms in total. The monoisotopic (exact) mass is 358 g/mol. The third kappa shape index (κ3) is 4.86. The molecule has 1 aliphatic heterocycles. The average molecular weight is 359 g/mol. The highest BCUT2D eigenvalue weighted by Gasteiger charge is 2.14. The fourth-order valence-electron chi connectivity index (χ4n) is 2.92. The van der Waals surface area contributed by atoms with Crippen molar-refractivity contribution in [3.05, 3.63) is 47.6 Å². The third-order valence-electron chi connectivity index (χ3n) is 4.34. The van der Waals surface area contributed by atoms with E-state index in [-0.39, 0.29) is 11.9 Å². The first-order chi connectivity index (χ1) is 12.1. The highest BCUT2D eigenvalue weighted by molar-refractivity contribution is 6.30. The Kier molecular flexibility index (Phi) is 5.76. The Labute approximate surface area is 153 Å². The Balaban J connectivity index is 1.55. The zero-order chi connectivity index (χ0) is 17.6. The van der Waals surface area contributed by atoms with Gasteiger partial charge >= 0.3 is 0 Å². The van der Waals surface area contributed by atoms with Gasteiger partial charge in [0.2, 0.25) is 5.91 Å². The molecule has 25 heavy (non-hydrogen) atoms. The first-order valence-corrected chi connectivity index (χ1v) is 9.03. The van der Waals surface area contributed by atoms with Crippen LogP contribution in [0.15, 0.2) is 42.6 Å². The standard InChI is InChI=1S/C19H23ClN4O/c1-14(19(25)23-18-10-5-15(20)13-21-18)22-16-6-8-17(9-7-16)24-11-3-2-4-12-24/h5-10,13-14,22H,2-4,11-12H2,1H3,(H,21,23,25). The molecule has 2 aromatic rings. The highest BCUT2D eigenvalue weighted by Crippen LogP contribution is 2.22. The Bertz CT molecular complexity index is 696. The summed E-state index contributed by atoms with van der Waals surface area (Å²) in [5, 5.41) is 6.53. The molecule has 0 spiro atoms. The van der Waals surface area contributed by atoms with E-state index in [0.29, 0.717) is 10.8 Å². The quantitative estimate of drug-likeness (QED) is 0.842. The van der Waals surface area contributed by atoms with Gasteiger partial charge in [-0.25, -0.2) is 4.98 Å². The number of carbonyl (C=O) groups excluding carboxylic acids is 1. The lowest BCUT2D eigenvalue weighted by molar-refractivity contribution is -0.116. The normalized spacial score (nSPS) is 15.5.